The van der Waals surface area contributed by atoms with Crippen LogP contribution in [0.25, 0.3) is 0 Å². The smallest absolute Gasteiger partial charge is 0.191 e. The van der Waals surface area contributed by atoms with Crippen molar-refractivity contribution in [2.75, 3.05) is 51.3 Å². The third-order valence-corrected chi connectivity index (χ3v) is 3.91. The van der Waals surface area contributed by atoms with Gasteiger partial charge in [0, 0.05) is 45.1 Å². The molecule has 1 atom stereocenters. The van der Waals surface area contributed by atoms with E-state index >= 15 is 0 Å². The van der Waals surface area contributed by atoms with Gasteiger partial charge in [0.2, 0.25) is 0 Å². The summed E-state index contributed by atoms with van der Waals surface area (Å²) in [5.41, 5.74) is 1.16. The van der Waals surface area contributed by atoms with E-state index in [1.54, 1.807) is 0 Å². The van der Waals surface area contributed by atoms with Crippen molar-refractivity contribution in [2.24, 2.45) is 4.99 Å². The molecule has 1 aromatic carbocycles. The Morgan fingerprint density at radius 1 is 1.20 bits per heavy atom. The van der Waals surface area contributed by atoms with Crippen molar-refractivity contribution in [2.45, 2.75) is 32.3 Å². The van der Waals surface area contributed by atoms with Crippen molar-refractivity contribution in [3.63, 3.8) is 0 Å². The summed E-state index contributed by atoms with van der Waals surface area (Å²) in [6, 6.07) is 10.3. The molecule has 1 aliphatic rings. The molecule has 25 heavy (non-hydrogen) atoms. The number of para-hydroxylation sites is 1. The minimum Gasteiger partial charge on any atom is -0.385 e. The van der Waals surface area contributed by atoms with Crippen LogP contribution in [0.2, 0.25) is 0 Å². The Balaban J connectivity index is 1.54. The average Bonchev–Trinajstić information content (AvgIpc) is 3.15. The second kappa shape index (κ2) is 12.6. The van der Waals surface area contributed by atoms with Crippen LogP contribution in [0, 0.1) is 0 Å². The molecule has 0 saturated carbocycles. The molecular formula is C19H32N4O2. The summed E-state index contributed by atoms with van der Waals surface area (Å²) in [7, 11) is 0. The SMILES string of the molecule is CCNC(=NCCCNc1ccccc1)NCCCOC1CCOC1. The Kier molecular flexibility index (Phi) is 9.81. The summed E-state index contributed by atoms with van der Waals surface area (Å²) in [6.45, 7) is 7.87. The fraction of sp³-hybridized carbons (Fsp3) is 0.632. The van der Waals surface area contributed by atoms with E-state index in [9.17, 15) is 0 Å². The van der Waals surface area contributed by atoms with Crippen LogP contribution >= 0.6 is 0 Å². The van der Waals surface area contributed by atoms with E-state index in [0.717, 1.165) is 76.9 Å². The van der Waals surface area contributed by atoms with Crippen LogP contribution < -0.4 is 16.0 Å². The van der Waals surface area contributed by atoms with Gasteiger partial charge >= 0.3 is 0 Å². The maximum atomic E-state index is 5.77. The largest absolute Gasteiger partial charge is 0.385 e. The van der Waals surface area contributed by atoms with Gasteiger partial charge in [-0.25, -0.2) is 0 Å². The quantitative estimate of drug-likeness (QED) is 0.325. The molecule has 1 aromatic rings. The Morgan fingerprint density at radius 3 is 2.84 bits per heavy atom. The van der Waals surface area contributed by atoms with E-state index < -0.39 is 0 Å². The summed E-state index contributed by atoms with van der Waals surface area (Å²) in [4.78, 5) is 4.61. The van der Waals surface area contributed by atoms with Crippen molar-refractivity contribution in [3.05, 3.63) is 30.3 Å². The molecule has 2 rings (SSSR count). The molecule has 0 aromatic heterocycles. The van der Waals surface area contributed by atoms with Crippen LogP contribution in [0.5, 0.6) is 0 Å². The third-order valence-electron chi connectivity index (χ3n) is 3.91. The molecule has 0 radical (unpaired) electrons. The second-order valence-corrected chi connectivity index (χ2v) is 6.04. The average molecular weight is 348 g/mol. The van der Waals surface area contributed by atoms with Gasteiger partial charge in [0.15, 0.2) is 5.96 Å². The number of aliphatic imine (C=N–C) groups is 1. The fourth-order valence-corrected chi connectivity index (χ4v) is 2.57. The zero-order valence-corrected chi connectivity index (χ0v) is 15.3. The second-order valence-electron chi connectivity index (χ2n) is 6.04. The molecule has 0 amide bonds. The van der Waals surface area contributed by atoms with Gasteiger partial charge in [-0.2, -0.15) is 0 Å². The van der Waals surface area contributed by atoms with Crippen LogP contribution in [-0.4, -0.2) is 58.1 Å². The maximum Gasteiger partial charge on any atom is 0.191 e. The molecular weight excluding hydrogens is 316 g/mol. The zero-order valence-electron chi connectivity index (χ0n) is 15.3. The normalized spacial score (nSPS) is 17.5. The topological polar surface area (TPSA) is 66.9 Å². The first kappa shape index (κ1) is 19.5. The number of nitrogens with zero attached hydrogens (tertiary/aromatic N) is 1. The highest BCUT2D eigenvalue weighted by Crippen LogP contribution is 2.08. The van der Waals surface area contributed by atoms with Gasteiger partial charge in [0.05, 0.1) is 12.7 Å². The van der Waals surface area contributed by atoms with Gasteiger partial charge < -0.3 is 25.4 Å². The van der Waals surface area contributed by atoms with Crippen LogP contribution in [0.4, 0.5) is 5.69 Å². The van der Waals surface area contributed by atoms with Crippen molar-refractivity contribution >= 4 is 11.6 Å². The van der Waals surface area contributed by atoms with Crippen LogP contribution in [0.1, 0.15) is 26.2 Å². The maximum absolute atomic E-state index is 5.77. The number of ether oxygens (including phenoxy) is 2. The number of rotatable bonds is 11. The number of benzene rings is 1. The standard InChI is InChI=1S/C19H32N4O2/c1-2-20-19(23-13-7-14-25-18-10-15-24-16-18)22-12-6-11-21-17-8-4-3-5-9-17/h3-5,8-9,18,21H,2,6-7,10-16H2,1H3,(H2,20,22,23). The van der Waals surface area contributed by atoms with Crippen LogP contribution in [-0.2, 0) is 9.47 Å². The number of hydrogen-bond donors (Lipinski definition) is 3. The van der Waals surface area contributed by atoms with Gasteiger partial charge in [-0.15, -0.1) is 0 Å². The summed E-state index contributed by atoms with van der Waals surface area (Å²) in [5.74, 6) is 0.881. The van der Waals surface area contributed by atoms with E-state index in [2.05, 4.69) is 40.0 Å². The Labute approximate surface area is 151 Å². The highest BCUT2D eigenvalue weighted by Gasteiger charge is 2.15. The van der Waals surface area contributed by atoms with E-state index in [4.69, 9.17) is 9.47 Å². The molecule has 1 saturated heterocycles. The van der Waals surface area contributed by atoms with E-state index in [1.807, 2.05) is 18.2 Å². The lowest BCUT2D eigenvalue weighted by molar-refractivity contribution is 0.0420. The first-order valence-electron chi connectivity index (χ1n) is 9.39. The van der Waals surface area contributed by atoms with E-state index in [0.29, 0.717) is 6.10 Å². The van der Waals surface area contributed by atoms with Gasteiger partial charge in [0.25, 0.3) is 0 Å². The molecule has 1 fully saturated rings. The summed E-state index contributed by atoms with van der Waals surface area (Å²) in [5, 5.41) is 10.0. The van der Waals surface area contributed by atoms with E-state index in [1.165, 1.54) is 0 Å². The van der Waals surface area contributed by atoms with Crippen molar-refractivity contribution in [1.29, 1.82) is 0 Å². The van der Waals surface area contributed by atoms with Crippen LogP contribution in [0.3, 0.4) is 0 Å². The number of nitrogens with one attached hydrogen (secondary N) is 3. The highest BCUT2D eigenvalue weighted by molar-refractivity contribution is 5.79. The number of guanidine groups is 1. The molecule has 6 heteroatoms. The Hall–Kier alpha value is -1.79. The minimum absolute atomic E-state index is 0.291. The molecule has 1 heterocycles. The predicted octanol–water partition coefficient (Wildman–Crippen LogP) is 2.24. The molecule has 1 unspecified atom stereocenters. The Bertz CT molecular complexity index is 476. The molecule has 1 aliphatic heterocycles. The molecule has 140 valence electrons. The zero-order chi connectivity index (χ0) is 17.6. The molecule has 6 nitrogen and oxygen atoms in total. The van der Waals surface area contributed by atoms with Gasteiger partial charge in [-0.3, -0.25) is 4.99 Å². The number of anilines is 1. The third kappa shape index (κ3) is 8.74. The number of hydrogen-bond acceptors (Lipinski definition) is 4. The van der Waals surface area contributed by atoms with Gasteiger partial charge in [0.1, 0.15) is 0 Å². The van der Waals surface area contributed by atoms with Gasteiger partial charge in [-0.05, 0) is 38.3 Å². The van der Waals surface area contributed by atoms with Gasteiger partial charge in [-0.1, -0.05) is 18.2 Å². The molecule has 0 spiro atoms. The first-order valence-corrected chi connectivity index (χ1v) is 9.39. The molecule has 0 bridgehead atoms. The van der Waals surface area contributed by atoms with E-state index in [-0.39, 0.29) is 0 Å². The molecule has 0 aliphatic carbocycles. The van der Waals surface area contributed by atoms with Crippen molar-refractivity contribution in [1.82, 2.24) is 10.6 Å². The minimum atomic E-state index is 0.291. The lowest BCUT2D eigenvalue weighted by atomic mass is 10.3. The monoisotopic (exact) mass is 348 g/mol. The predicted molar refractivity (Wildman–Crippen MR) is 103 cm³/mol. The summed E-state index contributed by atoms with van der Waals surface area (Å²) in [6.07, 6.45) is 3.28. The van der Waals surface area contributed by atoms with Crippen molar-refractivity contribution in [3.8, 4) is 0 Å². The summed E-state index contributed by atoms with van der Waals surface area (Å²) >= 11 is 0. The fourth-order valence-electron chi connectivity index (χ4n) is 2.57. The van der Waals surface area contributed by atoms with Crippen LogP contribution in [0.15, 0.2) is 35.3 Å². The highest BCUT2D eigenvalue weighted by atomic mass is 16.5. The molecule has 3 N–H and O–H groups in total. The lowest BCUT2D eigenvalue weighted by Gasteiger charge is -2.13. The lowest BCUT2D eigenvalue weighted by Crippen LogP contribution is -2.38. The van der Waals surface area contributed by atoms with Crippen molar-refractivity contribution < 1.29 is 9.47 Å². The Morgan fingerprint density at radius 2 is 2.08 bits per heavy atom. The first-order chi connectivity index (χ1) is 12.4. The summed E-state index contributed by atoms with van der Waals surface area (Å²) < 4.78 is 11.1.